The van der Waals surface area contributed by atoms with E-state index in [9.17, 15) is 0 Å². The zero-order chi connectivity index (χ0) is 13.1. The highest BCUT2D eigenvalue weighted by Gasteiger charge is 2.23. The van der Waals surface area contributed by atoms with Crippen molar-refractivity contribution in [1.29, 1.82) is 0 Å². The number of rotatable bonds is 3. The molecule has 0 spiro atoms. The maximum Gasteiger partial charge on any atom is 0.132 e. The molecule has 0 bridgehead atoms. The van der Waals surface area contributed by atoms with E-state index in [0.29, 0.717) is 10.7 Å². The van der Waals surface area contributed by atoms with Crippen LogP contribution in [-0.4, -0.2) is 27.9 Å². The molecule has 0 radical (unpaired) electrons. The number of nitrogens with zero attached hydrogens (tertiary/aromatic N) is 3. The van der Waals surface area contributed by atoms with Crippen molar-refractivity contribution < 1.29 is 0 Å². The summed E-state index contributed by atoms with van der Waals surface area (Å²) < 4.78 is 0. The van der Waals surface area contributed by atoms with Crippen molar-refractivity contribution in [2.24, 2.45) is 5.92 Å². The van der Waals surface area contributed by atoms with Crippen molar-refractivity contribution in [2.45, 2.75) is 44.4 Å². The minimum absolute atomic E-state index is 0.465. The predicted octanol–water partition coefficient (Wildman–Crippen LogP) is 3.60. The van der Waals surface area contributed by atoms with Gasteiger partial charge in [-0.25, -0.2) is 9.97 Å². The van der Waals surface area contributed by atoms with Crippen LogP contribution in [0.3, 0.4) is 0 Å². The number of hydrogen-bond donors (Lipinski definition) is 0. The standard InChI is InChI=1S/C14H22BrN3/c1-10(2)13-8-14(17-9-16-13)18-6-4-12(5-7-18)11(3)15/h8-12H,4-7H2,1-3H3. The van der Waals surface area contributed by atoms with E-state index < -0.39 is 0 Å². The summed E-state index contributed by atoms with van der Waals surface area (Å²) in [6.07, 6.45) is 4.19. The molecule has 0 N–H and O–H groups in total. The van der Waals surface area contributed by atoms with Crippen molar-refractivity contribution in [3.8, 4) is 0 Å². The molecule has 0 amide bonds. The van der Waals surface area contributed by atoms with Crippen LogP contribution in [0, 0.1) is 5.92 Å². The summed E-state index contributed by atoms with van der Waals surface area (Å²) >= 11 is 3.70. The lowest BCUT2D eigenvalue weighted by Gasteiger charge is -2.34. The van der Waals surface area contributed by atoms with Gasteiger partial charge in [0.15, 0.2) is 0 Å². The maximum absolute atomic E-state index is 4.42. The highest BCUT2D eigenvalue weighted by Crippen LogP contribution is 2.27. The first kappa shape index (κ1) is 13.8. The molecule has 1 atom stereocenters. The Kier molecular flexibility index (Phi) is 4.60. The van der Waals surface area contributed by atoms with Crippen LogP contribution in [0.5, 0.6) is 0 Å². The summed E-state index contributed by atoms with van der Waals surface area (Å²) in [4.78, 5) is 11.8. The Bertz CT molecular complexity index is 384. The van der Waals surface area contributed by atoms with Crippen LogP contribution in [0.15, 0.2) is 12.4 Å². The summed E-state index contributed by atoms with van der Waals surface area (Å²) in [5, 5.41) is 0. The van der Waals surface area contributed by atoms with Gasteiger partial charge in [-0.05, 0) is 24.7 Å². The molecule has 1 unspecified atom stereocenters. The maximum atomic E-state index is 4.42. The highest BCUT2D eigenvalue weighted by atomic mass is 79.9. The number of anilines is 1. The third-order valence-electron chi connectivity index (χ3n) is 3.78. The largest absolute Gasteiger partial charge is 0.356 e. The molecule has 18 heavy (non-hydrogen) atoms. The molecular formula is C14H22BrN3. The van der Waals surface area contributed by atoms with Crippen molar-refractivity contribution in [1.82, 2.24) is 9.97 Å². The Morgan fingerprint density at radius 1 is 1.22 bits per heavy atom. The van der Waals surface area contributed by atoms with Crippen LogP contribution in [0.2, 0.25) is 0 Å². The average Bonchev–Trinajstić information content (AvgIpc) is 2.39. The molecule has 1 aromatic rings. The van der Waals surface area contributed by atoms with Crippen LogP contribution in [0.4, 0.5) is 5.82 Å². The lowest BCUT2D eigenvalue weighted by molar-refractivity contribution is 0.405. The van der Waals surface area contributed by atoms with E-state index in [2.05, 4.69) is 57.6 Å². The molecular weight excluding hydrogens is 290 g/mol. The summed E-state index contributed by atoms with van der Waals surface area (Å²) in [6, 6.07) is 2.14. The first-order chi connectivity index (χ1) is 8.58. The fourth-order valence-electron chi connectivity index (χ4n) is 2.44. The quantitative estimate of drug-likeness (QED) is 0.799. The van der Waals surface area contributed by atoms with E-state index in [0.717, 1.165) is 30.5 Å². The number of aromatic nitrogens is 2. The molecule has 1 fully saturated rings. The van der Waals surface area contributed by atoms with Crippen molar-refractivity contribution in [3.63, 3.8) is 0 Å². The van der Waals surface area contributed by atoms with Gasteiger partial charge in [0, 0.05) is 29.7 Å². The number of hydrogen-bond acceptors (Lipinski definition) is 3. The zero-order valence-corrected chi connectivity index (χ0v) is 13.0. The smallest absolute Gasteiger partial charge is 0.132 e. The molecule has 2 heterocycles. The topological polar surface area (TPSA) is 29.0 Å². The third kappa shape index (κ3) is 3.22. The van der Waals surface area contributed by atoms with Gasteiger partial charge in [0.1, 0.15) is 12.1 Å². The highest BCUT2D eigenvalue weighted by molar-refractivity contribution is 9.09. The normalized spacial score (nSPS) is 19.3. The summed E-state index contributed by atoms with van der Waals surface area (Å²) in [7, 11) is 0. The molecule has 1 aromatic heterocycles. The Hall–Kier alpha value is -0.640. The van der Waals surface area contributed by atoms with E-state index in [4.69, 9.17) is 0 Å². The van der Waals surface area contributed by atoms with Crippen LogP contribution >= 0.6 is 15.9 Å². The molecule has 2 rings (SSSR count). The van der Waals surface area contributed by atoms with Gasteiger partial charge >= 0.3 is 0 Å². The predicted molar refractivity (Wildman–Crippen MR) is 79.4 cm³/mol. The second-order valence-electron chi connectivity index (χ2n) is 5.46. The molecule has 4 heteroatoms. The monoisotopic (exact) mass is 311 g/mol. The van der Waals surface area contributed by atoms with Gasteiger partial charge < -0.3 is 4.90 Å². The van der Waals surface area contributed by atoms with E-state index >= 15 is 0 Å². The second kappa shape index (κ2) is 6.00. The molecule has 1 aliphatic rings. The minimum atomic E-state index is 0.465. The van der Waals surface area contributed by atoms with Gasteiger partial charge in [-0.2, -0.15) is 0 Å². The van der Waals surface area contributed by atoms with Gasteiger partial charge in [0.05, 0.1) is 0 Å². The fraction of sp³-hybridized carbons (Fsp3) is 0.714. The Labute approximate surface area is 118 Å². The van der Waals surface area contributed by atoms with Crippen LogP contribution in [0.25, 0.3) is 0 Å². The van der Waals surface area contributed by atoms with Gasteiger partial charge in [0.2, 0.25) is 0 Å². The Morgan fingerprint density at radius 2 is 1.89 bits per heavy atom. The molecule has 3 nitrogen and oxygen atoms in total. The Balaban J connectivity index is 2.03. The van der Waals surface area contributed by atoms with Crippen LogP contribution < -0.4 is 4.90 Å². The van der Waals surface area contributed by atoms with E-state index in [1.807, 2.05) is 0 Å². The van der Waals surface area contributed by atoms with Gasteiger partial charge in [0.25, 0.3) is 0 Å². The molecule has 1 aliphatic heterocycles. The van der Waals surface area contributed by atoms with E-state index in [1.54, 1.807) is 6.33 Å². The zero-order valence-electron chi connectivity index (χ0n) is 11.4. The molecule has 0 aliphatic carbocycles. The van der Waals surface area contributed by atoms with Gasteiger partial charge in [-0.1, -0.05) is 36.7 Å². The minimum Gasteiger partial charge on any atom is -0.356 e. The second-order valence-corrected chi connectivity index (χ2v) is 6.90. The number of halogens is 1. The fourth-order valence-corrected chi connectivity index (χ4v) is 2.97. The summed E-state index contributed by atoms with van der Waals surface area (Å²) in [5.74, 6) is 2.36. The molecule has 0 aromatic carbocycles. The molecule has 100 valence electrons. The SMILES string of the molecule is CC(C)c1cc(N2CCC(C(C)Br)CC2)ncn1. The Morgan fingerprint density at radius 3 is 2.44 bits per heavy atom. The van der Waals surface area contributed by atoms with E-state index in [-0.39, 0.29) is 0 Å². The lowest BCUT2D eigenvalue weighted by Crippen LogP contribution is -2.36. The van der Waals surface area contributed by atoms with Crippen molar-refractivity contribution in [3.05, 3.63) is 18.1 Å². The van der Waals surface area contributed by atoms with Gasteiger partial charge in [-0.15, -0.1) is 0 Å². The van der Waals surface area contributed by atoms with Crippen molar-refractivity contribution >= 4 is 21.7 Å². The van der Waals surface area contributed by atoms with Crippen molar-refractivity contribution in [2.75, 3.05) is 18.0 Å². The molecule has 0 saturated carbocycles. The first-order valence-electron chi connectivity index (χ1n) is 6.79. The summed E-state index contributed by atoms with van der Waals surface area (Å²) in [6.45, 7) is 8.81. The van der Waals surface area contributed by atoms with Crippen LogP contribution in [-0.2, 0) is 0 Å². The van der Waals surface area contributed by atoms with Crippen LogP contribution in [0.1, 0.15) is 45.2 Å². The number of piperidine rings is 1. The summed E-state index contributed by atoms with van der Waals surface area (Å²) in [5.41, 5.74) is 1.14. The van der Waals surface area contributed by atoms with Gasteiger partial charge in [-0.3, -0.25) is 0 Å². The average molecular weight is 312 g/mol. The lowest BCUT2D eigenvalue weighted by atomic mass is 9.94. The molecule has 1 saturated heterocycles. The first-order valence-corrected chi connectivity index (χ1v) is 7.70. The van der Waals surface area contributed by atoms with E-state index in [1.165, 1.54) is 12.8 Å². The number of alkyl halides is 1. The third-order valence-corrected chi connectivity index (χ3v) is 4.53.